The van der Waals surface area contributed by atoms with E-state index in [0.29, 0.717) is 24.5 Å². The van der Waals surface area contributed by atoms with E-state index in [-0.39, 0.29) is 27.7 Å². The van der Waals surface area contributed by atoms with E-state index in [0.717, 1.165) is 30.3 Å². The lowest BCUT2D eigenvalue weighted by Crippen LogP contribution is -2.83. The summed E-state index contributed by atoms with van der Waals surface area (Å²) in [6, 6.07) is 9.72. The molecule has 2 bridgehead atoms. The molecule has 168 valence electrons. The van der Waals surface area contributed by atoms with Crippen LogP contribution in [0.15, 0.2) is 41.2 Å². The molecule has 0 unspecified atom stereocenters. The topological polar surface area (TPSA) is 77.3 Å². The molecule has 1 heterocycles. The van der Waals surface area contributed by atoms with Gasteiger partial charge in [-0.3, -0.25) is 13.9 Å². The molecule has 3 aliphatic carbocycles. The van der Waals surface area contributed by atoms with Crippen LogP contribution in [0.2, 0.25) is 5.02 Å². The number of rotatable bonds is 7. The Morgan fingerprint density at radius 1 is 1.09 bits per heavy atom. The van der Waals surface area contributed by atoms with Gasteiger partial charge in [0.25, 0.3) is 5.91 Å². The predicted octanol–water partition coefficient (Wildman–Crippen LogP) is 2.74. The Hall–Kier alpha value is -2.84. The number of aryl methyl sites for hydroxylation is 2. The summed E-state index contributed by atoms with van der Waals surface area (Å²) >= 11 is 5.67. The average Bonchev–Trinajstić information content (AvgIpc) is 2.94. The Labute approximate surface area is 189 Å². The highest BCUT2D eigenvalue weighted by atomic mass is 35.5. The molecule has 3 aliphatic rings. The SMILES string of the molecule is Cn1c(=O)n(C)c2cc(C(=O)NC34CC(NCCOc5ccc(Cl)c(F)c5)(C3)C4)ccc21. The smallest absolute Gasteiger partial charge is 0.328 e. The van der Waals surface area contributed by atoms with E-state index >= 15 is 0 Å². The lowest BCUT2D eigenvalue weighted by atomic mass is 9.44. The van der Waals surface area contributed by atoms with Crippen molar-refractivity contribution in [3.05, 3.63) is 63.3 Å². The zero-order chi connectivity index (χ0) is 22.7. The fourth-order valence-electron chi connectivity index (χ4n) is 5.12. The van der Waals surface area contributed by atoms with E-state index in [1.165, 1.54) is 12.1 Å². The van der Waals surface area contributed by atoms with Gasteiger partial charge in [0.05, 0.1) is 16.1 Å². The van der Waals surface area contributed by atoms with E-state index in [1.54, 1.807) is 41.4 Å². The quantitative estimate of drug-likeness (QED) is 0.534. The molecule has 0 aliphatic heterocycles. The molecule has 3 saturated carbocycles. The van der Waals surface area contributed by atoms with Gasteiger partial charge in [-0.1, -0.05) is 11.6 Å². The monoisotopic (exact) mass is 458 g/mol. The number of nitrogens with one attached hydrogen (secondary N) is 2. The van der Waals surface area contributed by atoms with Gasteiger partial charge < -0.3 is 15.4 Å². The van der Waals surface area contributed by atoms with Crippen LogP contribution in [0.3, 0.4) is 0 Å². The van der Waals surface area contributed by atoms with Gasteiger partial charge in [-0.05, 0) is 49.6 Å². The summed E-state index contributed by atoms with van der Waals surface area (Å²) in [7, 11) is 3.42. The minimum Gasteiger partial charge on any atom is -0.492 e. The summed E-state index contributed by atoms with van der Waals surface area (Å²) < 4.78 is 22.1. The summed E-state index contributed by atoms with van der Waals surface area (Å²) in [5, 5.41) is 6.75. The van der Waals surface area contributed by atoms with Crippen molar-refractivity contribution in [2.24, 2.45) is 14.1 Å². The number of fused-ring (bicyclic) bond motifs is 1. The normalized spacial score (nSPS) is 23.5. The highest BCUT2D eigenvalue weighted by Gasteiger charge is 2.68. The lowest BCUT2D eigenvalue weighted by molar-refractivity contribution is -0.0981. The second kappa shape index (κ2) is 7.35. The van der Waals surface area contributed by atoms with Crippen LogP contribution in [0, 0.1) is 5.82 Å². The van der Waals surface area contributed by atoms with Crippen molar-refractivity contribution in [3.63, 3.8) is 0 Å². The number of carbonyl (C=O) groups excluding carboxylic acids is 1. The van der Waals surface area contributed by atoms with Crippen molar-refractivity contribution in [3.8, 4) is 5.75 Å². The van der Waals surface area contributed by atoms with E-state index in [4.69, 9.17) is 16.3 Å². The molecule has 0 atom stereocenters. The zero-order valence-electron chi connectivity index (χ0n) is 17.9. The molecule has 6 rings (SSSR count). The molecule has 3 fully saturated rings. The minimum absolute atomic E-state index is 0.0369. The molecular formula is C23H24ClFN4O3. The first-order valence-corrected chi connectivity index (χ1v) is 10.9. The van der Waals surface area contributed by atoms with E-state index in [2.05, 4.69) is 10.6 Å². The van der Waals surface area contributed by atoms with E-state index in [9.17, 15) is 14.0 Å². The third-order valence-electron chi connectivity index (χ3n) is 6.71. The molecule has 1 aromatic heterocycles. The van der Waals surface area contributed by atoms with Gasteiger partial charge in [-0.25, -0.2) is 9.18 Å². The standard InChI is InChI=1S/C23H24ClFN4O3/c1-28-18-6-3-14(9-19(18)29(2)21(28)31)20(30)27-23-11-22(12-23,13-23)26-7-8-32-15-4-5-16(24)17(25)10-15/h3-6,9-10,26H,7-8,11-13H2,1-2H3,(H,27,30). The predicted molar refractivity (Wildman–Crippen MR) is 120 cm³/mol. The maximum atomic E-state index is 13.5. The first kappa shape index (κ1) is 21.0. The zero-order valence-corrected chi connectivity index (χ0v) is 18.6. The van der Waals surface area contributed by atoms with Gasteiger partial charge in [0.1, 0.15) is 18.2 Å². The summed E-state index contributed by atoms with van der Waals surface area (Å²) in [6.45, 7) is 1.05. The number of hydrogen-bond acceptors (Lipinski definition) is 4. The minimum atomic E-state index is -0.497. The highest BCUT2D eigenvalue weighted by Crippen LogP contribution is 2.60. The Bertz CT molecular complexity index is 1280. The molecule has 3 aromatic rings. The molecule has 0 spiro atoms. The molecule has 2 aromatic carbocycles. The van der Waals surface area contributed by atoms with Crippen LogP contribution < -0.4 is 21.1 Å². The number of carbonyl (C=O) groups is 1. The summed E-state index contributed by atoms with van der Waals surface area (Å²) in [5.41, 5.74) is 1.84. The largest absolute Gasteiger partial charge is 0.492 e. The van der Waals surface area contributed by atoms with Crippen molar-refractivity contribution in [1.82, 2.24) is 19.8 Å². The Kier molecular flexibility index (Phi) is 4.83. The van der Waals surface area contributed by atoms with E-state index < -0.39 is 5.82 Å². The average molecular weight is 459 g/mol. The third-order valence-corrected chi connectivity index (χ3v) is 7.01. The molecule has 2 N–H and O–H groups in total. The van der Waals surface area contributed by atoms with Gasteiger partial charge in [0, 0.05) is 43.3 Å². The Morgan fingerprint density at radius 3 is 2.53 bits per heavy atom. The molecule has 0 radical (unpaired) electrons. The maximum Gasteiger partial charge on any atom is 0.328 e. The van der Waals surface area contributed by atoms with Gasteiger partial charge in [0.15, 0.2) is 0 Å². The molecule has 9 heteroatoms. The lowest BCUT2D eigenvalue weighted by Gasteiger charge is -2.70. The summed E-state index contributed by atoms with van der Waals surface area (Å²) in [6.07, 6.45) is 2.61. The van der Waals surface area contributed by atoms with Crippen molar-refractivity contribution in [1.29, 1.82) is 0 Å². The van der Waals surface area contributed by atoms with Crippen molar-refractivity contribution in [2.75, 3.05) is 13.2 Å². The van der Waals surface area contributed by atoms with Crippen LogP contribution >= 0.6 is 11.6 Å². The molecule has 7 nitrogen and oxygen atoms in total. The number of ether oxygens (including phenoxy) is 1. The first-order chi connectivity index (χ1) is 15.2. The molecular weight excluding hydrogens is 435 g/mol. The van der Waals surface area contributed by atoms with E-state index in [1.807, 2.05) is 6.07 Å². The number of halogens is 2. The fourth-order valence-corrected chi connectivity index (χ4v) is 5.24. The maximum absolute atomic E-state index is 13.5. The third kappa shape index (κ3) is 3.38. The van der Waals surface area contributed by atoms with Crippen LogP contribution in [0.5, 0.6) is 5.75 Å². The second-order valence-electron chi connectivity index (χ2n) is 9.00. The number of nitrogens with zero attached hydrogens (tertiary/aromatic N) is 2. The van der Waals surface area contributed by atoms with Gasteiger partial charge in [-0.15, -0.1) is 0 Å². The number of benzene rings is 2. The van der Waals surface area contributed by atoms with Crippen LogP contribution in [-0.2, 0) is 14.1 Å². The number of hydrogen-bond donors (Lipinski definition) is 2. The van der Waals surface area contributed by atoms with Gasteiger partial charge in [0.2, 0.25) is 0 Å². The molecule has 32 heavy (non-hydrogen) atoms. The fraction of sp³-hybridized carbons (Fsp3) is 0.391. The van der Waals surface area contributed by atoms with Crippen LogP contribution in [0.1, 0.15) is 29.6 Å². The molecule has 1 amide bonds. The van der Waals surface area contributed by atoms with Crippen LogP contribution in [0.4, 0.5) is 4.39 Å². The van der Waals surface area contributed by atoms with Crippen molar-refractivity contribution in [2.45, 2.75) is 30.3 Å². The summed E-state index contributed by atoms with van der Waals surface area (Å²) in [4.78, 5) is 24.9. The second-order valence-corrected chi connectivity index (χ2v) is 9.41. The van der Waals surface area contributed by atoms with Crippen LogP contribution in [-0.4, -0.2) is 39.3 Å². The van der Waals surface area contributed by atoms with Crippen molar-refractivity contribution >= 4 is 28.5 Å². The van der Waals surface area contributed by atoms with Crippen LogP contribution in [0.25, 0.3) is 11.0 Å². The first-order valence-electron chi connectivity index (χ1n) is 10.5. The number of imidazole rings is 1. The highest BCUT2D eigenvalue weighted by molar-refractivity contribution is 6.30. The van der Waals surface area contributed by atoms with Gasteiger partial charge >= 0.3 is 5.69 Å². The van der Waals surface area contributed by atoms with Crippen molar-refractivity contribution < 1.29 is 13.9 Å². The molecule has 0 saturated heterocycles. The number of amides is 1. The summed E-state index contributed by atoms with van der Waals surface area (Å²) in [5.74, 6) is -0.171. The number of aromatic nitrogens is 2. The Morgan fingerprint density at radius 2 is 1.81 bits per heavy atom. The Balaban J connectivity index is 1.12. The van der Waals surface area contributed by atoms with Gasteiger partial charge in [-0.2, -0.15) is 0 Å².